The third-order valence-corrected chi connectivity index (χ3v) is 8.66. The summed E-state index contributed by atoms with van der Waals surface area (Å²) in [6.45, 7) is 10.2. The highest BCUT2D eigenvalue weighted by Crippen LogP contribution is 2.30. The number of carbonyl (C=O) groups is 2. The maximum atomic E-state index is 15.2. The van der Waals surface area contributed by atoms with E-state index in [1.165, 1.54) is 6.07 Å². The van der Waals surface area contributed by atoms with Crippen molar-refractivity contribution in [2.45, 2.75) is 89.9 Å². The molecule has 44 heavy (non-hydrogen) atoms. The number of piperazine rings is 1. The standard InChI is InChI=1S/C32H46ClFN4O5S/c1-20(2)28(21-11-13-22(33)14-12-21)29(35)30(39)37-27-10-6-9-26(34)25(27)16-15-23-19-38(31(40)43-32(3,4)5)24(18-36-23)8-7-17-44(41)42/h6,9-14,20,23-24,28-29,36H,7-8,15-19,35H2,1-5H3,(H,37,39)(H,41,42)/t23?,24?,28-,29+/m1/s1. The number of halogens is 2. The molecular formula is C32H46ClFN4O5S. The molecule has 5 atom stereocenters. The van der Waals surface area contributed by atoms with E-state index in [0.717, 1.165) is 5.56 Å². The fourth-order valence-corrected chi connectivity index (χ4v) is 6.16. The SMILES string of the molecule is CC(C)[C@H](c1ccc(Cl)cc1)[C@H](N)C(=O)Nc1cccc(F)c1CCC1CN(C(=O)OC(C)(C)C)C(CCCS(=O)O)CN1. The van der Waals surface area contributed by atoms with Gasteiger partial charge < -0.3 is 30.6 Å². The summed E-state index contributed by atoms with van der Waals surface area (Å²) in [4.78, 5) is 28.1. The Morgan fingerprint density at radius 3 is 2.50 bits per heavy atom. The van der Waals surface area contributed by atoms with Crippen LogP contribution in [-0.2, 0) is 27.0 Å². The number of hydrogen-bond acceptors (Lipinski definition) is 6. The Labute approximate surface area is 267 Å². The van der Waals surface area contributed by atoms with Gasteiger partial charge in [0.25, 0.3) is 0 Å². The van der Waals surface area contributed by atoms with Crippen LogP contribution in [-0.4, -0.2) is 68.2 Å². The molecule has 12 heteroatoms. The lowest BCUT2D eigenvalue weighted by Gasteiger charge is -2.41. The summed E-state index contributed by atoms with van der Waals surface area (Å²) in [5.41, 5.74) is 7.41. The van der Waals surface area contributed by atoms with Crippen LogP contribution in [0.1, 0.15) is 70.9 Å². The number of nitrogens with zero attached hydrogens (tertiary/aromatic N) is 1. The van der Waals surface area contributed by atoms with Crippen molar-refractivity contribution < 1.29 is 27.5 Å². The van der Waals surface area contributed by atoms with Crippen molar-refractivity contribution >= 4 is 40.4 Å². The number of carbonyl (C=O) groups excluding carboxylic acids is 2. The first-order chi connectivity index (χ1) is 20.7. The second kappa shape index (κ2) is 16.1. The molecule has 9 nitrogen and oxygen atoms in total. The van der Waals surface area contributed by atoms with Crippen molar-refractivity contribution in [2.75, 3.05) is 24.2 Å². The van der Waals surface area contributed by atoms with Crippen molar-refractivity contribution in [3.8, 4) is 0 Å². The maximum absolute atomic E-state index is 15.2. The number of nitrogens with one attached hydrogen (secondary N) is 2. The van der Waals surface area contributed by atoms with E-state index in [0.29, 0.717) is 55.0 Å². The van der Waals surface area contributed by atoms with Gasteiger partial charge in [-0.25, -0.2) is 13.4 Å². The van der Waals surface area contributed by atoms with Gasteiger partial charge in [-0.05, 0) is 82.2 Å². The van der Waals surface area contributed by atoms with Crippen LogP contribution in [0.3, 0.4) is 0 Å². The molecule has 0 bridgehead atoms. The fourth-order valence-electron chi connectivity index (χ4n) is 5.62. The van der Waals surface area contributed by atoms with Crippen LogP contribution in [0.25, 0.3) is 0 Å². The Morgan fingerprint density at radius 2 is 1.89 bits per heavy atom. The number of rotatable bonds is 12. The van der Waals surface area contributed by atoms with Crippen LogP contribution in [0.5, 0.6) is 0 Å². The lowest BCUT2D eigenvalue weighted by molar-refractivity contribution is -0.118. The lowest BCUT2D eigenvalue weighted by Crippen LogP contribution is -2.59. The largest absolute Gasteiger partial charge is 0.444 e. The average molecular weight is 653 g/mol. The van der Waals surface area contributed by atoms with E-state index in [1.807, 2.05) is 26.0 Å². The molecule has 3 rings (SSSR count). The van der Waals surface area contributed by atoms with E-state index in [9.17, 15) is 13.8 Å². The summed E-state index contributed by atoms with van der Waals surface area (Å²) in [7, 11) is 0. The normalized spacial score (nSPS) is 19.4. The molecular weight excluding hydrogens is 607 g/mol. The predicted octanol–water partition coefficient (Wildman–Crippen LogP) is 5.70. The Hall–Kier alpha value is -2.57. The minimum atomic E-state index is -1.90. The third kappa shape index (κ3) is 10.5. The molecule has 0 saturated carbocycles. The molecule has 2 amide bonds. The highest BCUT2D eigenvalue weighted by atomic mass is 35.5. The van der Waals surface area contributed by atoms with Gasteiger partial charge >= 0.3 is 6.09 Å². The monoisotopic (exact) mass is 652 g/mol. The maximum Gasteiger partial charge on any atom is 0.410 e. The molecule has 1 saturated heterocycles. The minimum Gasteiger partial charge on any atom is -0.444 e. The summed E-state index contributed by atoms with van der Waals surface area (Å²) in [5.74, 6) is -0.942. The second-order valence-electron chi connectivity index (χ2n) is 12.7. The number of benzene rings is 2. The van der Waals surface area contributed by atoms with Gasteiger partial charge in [0.05, 0.1) is 6.04 Å². The molecule has 5 N–H and O–H groups in total. The van der Waals surface area contributed by atoms with E-state index < -0.39 is 40.5 Å². The Morgan fingerprint density at radius 1 is 1.20 bits per heavy atom. The van der Waals surface area contributed by atoms with Crippen molar-refractivity contribution in [1.82, 2.24) is 10.2 Å². The van der Waals surface area contributed by atoms with Gasteiger partial charge in [0.15, 0.2) is 11.1 Å². The third-order valence-electron chi connectivity index (χ3n) is 7.77. The van der Waals surface area contributed by atoms with Crippen LogP contribution in [0, 0.1) is 11.7 Å². The molecule has 0 aromatic heterocycles. The number of nitrogens with two attached hydrogens (primary N) is 1. The van der Waals surface area contributed by atoms with E-state index in [4.69, 9.17) is 26.6 Å². The molecule has 1 heterocycles. The van der Waals surface area contributed by atoms with Gasteiger partial charge in [0, 0.05) is 53.1 Å². The molecule has 244 valence electrons. The molecule has 2 aromatic carbocycles. The van der Waals surface area contributed by atoms with E-state index in [2.05, 4.69) is 10.6 Å². The first-order valence-corrected chi connectivity index (χ1v) is 16.7. The topological polar surface area (TPSA) is 134 Å². The van der Waals surface area contributed by atoms with Gasteiger partial charge in [0.1, 0.15) is 11.4 Å². The highest BCUT2D eigenvalue weighted by Gasteiger charge is 2.34. The second-order valence-corrected chi connectivity index (χ2v) is 14.2. The quantitative estimate of drug-likeness (QED) is 0.216. The summed E-state index contributed by atoms with van der Waals surface area (Å²) in [6, 6.07) is 10.6. The van der Waals surface area contributed by atoms with Gasteiger partial charge in [-0.15, -0.1) is 0 Å². The van der Waals surface area contributed by atoms with Gasteiger partial charge in [-0.3, -0.25) is 4.79 Å². The van der Waals surface area contributed by atoms with Crippen LogP contribution in [0.2, 0.25) is 5.02 Å². The zero-order valence-corrected chi connectivity index (χ0v) is 27.7. The molecule has 2 aromatic rings. The number of ether oxygens (including phenoxy) is 1. The molecule has 0 aliphatic carbocycles. The van der Waals surface area contributed by atoms with Gasteiger partial charge in [0.2, 0.25) is 5.91 Å². The zero-order chi connectivity index (χ0) is 32.6. The number of anilines is 1. The zero-order valence-electron chi connectivity index (χ0n) is 26.1. The predicted molar refractivity (Wildman–Crippen MR) is 174 cm³/mol. The Kier molecular flexibility index (Phi) is 13.2. The summed E-state index contributed by atoms with van der Waals surface area (Å²) < 4.78 is 41.1. The van der Waals surface area contributed by atoms with E-state index >= 15 is 4.39 Å². The first-order valence-electron chi connectivity index (χ1n) is 15.1. The summed E-state index contributed by atoms with van der Waals surface area (Å²) >= 11 is 4.15. The average Bonchev–Trinajstić information content (AvgIpc) is 2.93. The van der Waals surface area contributed by atoms with Gasteiger partial charge in [-0.1, -0.05) is 43.6 Å². The van der Waals surface area contributed by atoms with Crippen LogP contribution in [0.15, 0.2) is 42.5 Å². The minimum absolute atomic E-state index is 0.0591. The van der Waals surface area contributed by atoms with Crippen molar-refractivity contribution in [3.05, 3.63) is 64.4 Å². The van der Waals surface area contributed by atoms with Crippen LogP contribution >= 0.6 is 11.6 Å². The van der Waals surface area contributed by atoms with E-state index in [1.54, 1.807) is 49.9 Å². The molecule has 3 unspecified atom stereocenters. The highest BCUT2D eigenvalue weighted by molar-refractivity contribution is 7.79. The molecule has 0 spiro atoms. The summed E-state index contributed by atoms with van der Waals surface area (Å²) in [5, 5.41) is 6.91. The van der Waals surface area contributed by atoms with Gasteiger partial charge in [-0.2, -0.15) is 0 Å². The first kappa shape index (κ1) is 35.9. The molecule has 1 fully saturated rings. The lowest BCUT2D eigenvalue weighted by atomic mass is 9.82. The van der Waals surface area contributed by atoms with Crippen molar-refractivity contribution in [2.24, 2.45) is 11.7 Å². The number of amides is 2. The van der Waals surface area contributed by atoms with Crippen LogP contribution < -0.4 is 16.4 Å². The number of hydrogen-bond donors (Lipinski definition) is 4. The van der Waals surface area contributed by atoms with E-state index in [-0.39, 0.29) is 29.7 Å². The molecule has 1 aliphatic heterocycles. The Bertz CT molecular complexity index is 1290. The summed E-state index contributed by atoms with van der Waals surface area (Å²) in [6.07, 6.45) is 1.36. The van der Waals surface area contributed by atoms with Crippen molar-refractivity contribution in [1.29, 1.82) is 0 Å². The van der Waals surface area contributed by atoms with Crippen LogP contribution in [0.4, 0.5) is 14.9 Å². The molecule has 1 aliphatic rings. The Balaban J connectivity index is 1.71. The fraction of sp³-hybridized carbons (Fsp3) is 0.562. The molecule has 0 radical (unpaired) electrons. The smallest absolute Gasteiger partial charge is 0.410 e. The van der Waals surface area contributed by atoms with Crippen molar-refractivity contribution in [3.63, 3.8) is 0 Å².